The second-order valence-corrected chi connectivity index (χ2v) is 24.9. The molecule has 0 bridgehead atoms. The Morgan fingerprint density at radius 1 is 0.697 bits per heavy atom. The number of hydrogen-bond acceptors (Lipinski definition) is 12. The maximum absolute atomic E-state index is 14.7. The molecule has 0 saturated heterocycles. The number of carbonyl (C=O) groups excluding carboxylic acids is 8. The van der Waals surface area contributed by atoms with Gasteiger partial charge in [-0.1, -0.05) is 98.7 Å². The predicted octanol–water partition coefficient (Wildman–Crippen LogP) is 6.09. The number of urea groups is 1. The number of sulfonamides is 1. The number of anilines is 1. The van der Waals surface area contributed by atoms with Crippen molar-refractivity contribution in [1.82, 2.24) is 35.8 Å². The number of rotatable bonds is 22. The third-order valence-corrected chi connectivity index (χ3v) is 13.4. The number of benzene rings is 2. The summed E-state index contributed by atoms with van der Waals surface area (Å²) < 4.78 is 40.3. The summed E-state index contributed by atoms with van der Waals surface area (Å²) >= 11 is 0. The average Bonchev–Trinajstić information content (AvgIpc) is 3.27. The van der Waals surface area contributed by atoms with Gasteiger partial charge in [-0.05, 0) is 108 Å². The third kappa shape index (κ3) is 20.1. The van der Waals surface area contributed by atoms with Gasteiger partial charge in [0.15, 0.2) is 0 Å². The van der Waals surface area contributed by atoms with Gasteiger partial charge in [0.2, 0.25) is 23.6 Å². The first-order valence-electron chi connectivity index (χ1n) is 25.3. The highest BCUT2D eigenvalue weighted by Gasteiger charge is 2.46. The Bertz CT molecular complexity index is 2510. The second-order valence-electron chi connectivity index (χ2n) is 23.2. The van der Waals surface area contributed by atoms with Gasteiger partial charge in [0.05, 0.1) is 10.9 Å². The van der Waals surface area contributed by atoms with E-state index in [-0.39, 0.29) is 41.5 Å². The Morgan fingerprint density at radius 2 is 1.25 bits per heavy atom. The van der Waals surface area contributed by atoms with Gasteiger partial charge in [-0.25, -0.2) is 27.5 Å². The van der Waals surface area contributed by atoms with E-state index < -0.39 is 116 Å². The average molecular weight is 1080 g/mol. The van der Waals surface area contributed by atoms with Gasteiger partial charge in [0.25, 0.3) is 15.9 Å². The van der Waals surface area contributed by atoms with Crippen LogP contribution in [0, 0.1) is 17.3 Å². The molecule has 0 aliphatic rings. The summed E-state index contributed by atoms with van der Waals surface area (Å²) in [4.78, 5) is 110. The van der Waals surface area contributed by atoms with E-state index in [1.807, 2.05) is 58.0 Å². The zero-order valence-corrected chi connectivity index (χ0v) is 48.5. The molecule has 22 heteroatoms. The molecule has 2 rings (SSSR count). The molecule has 2 aromatic carbocycles. The molecule has 0 spiro atoms. The third-order valence-electron chi connectivity index (χ3n) is 12.1. The maximum Gasteiger partial charge on any atom is 0.410 e. The fraction of sp³-hybridized carbons (Fsp3) is 0.593. The van der Waals surface area contributed by atoms with Crippen molar-refractivity contribution in [2.24, 2.45) is 23.0 Å². The number of nitrogens with zero attached hydrogens (tertiary/aromatic N) is 2. The van der Waals surface area contributed by atoms with Crippen LogP contribution in [0.3, 0.4) is 0 Å². The molecule has 424 valence electrons. The van der Waals surface area contributed by atoms with Crippen LogP contribution in [-0.2, 0) is 48.9 Å². The van der Waals surface area contributed by atoms with Crippen LogP contribution in [0.5, 0.6) is 0 Å². The number of alkyl carbamates (subject to hydrolysis) is 1. The monoisotopic (exact) mass is 1080 g/mol. The van der Waals surface area contributed by atoms with E-state index >= 15 is 0 Å². The molecule has 0 unspecified atom stereocenters. The molecule has 9 amide bonds. The molecule has 76 heavy (non-hydrogen) atoms. The Balaban J connectivity index is 2.38. The highest BCUT2D eigenvalue weighted by molar-refractivity contribution is 7.90. The Hall–Kier alpha value is -6.71. The molecule has 0 heterocycles. The van der Waals surface area contributed by atoms with Crippen molar-refractivity contribution in [1.29, 1.82) is 0 Å². The smallest absolute Gasteiger partial charge is 0.410 e. The van der Waals surface area contributed by atoms with E-state index in [1.54, 1.807) is 76.2 Å². The maximum atomic E-state index is 14.7. The SMILES string of the molecule is C/C(=C\[C@H](C(C)C)N(C)C(=O)[C@@H](NC(=O)[C@@H](N(C)C(=O)OC(C)(C)C)C(C)(C)c1ccccc1)C(C)(C)C)C(=O)NS(=O)(=O)c1ccc(NC(=O)[C@@H](CCCNC(N)=O)NC(=O)[C@H](NC(=O)OC(C)(C)C)C(C)C)cc1. The van der Waals surface area contributed by atoms with Crippen LogP contribution in [0.4, 0.5) is 20.1 Å². The van der Waals surface area contributed by atoms with E-state index in [1.165, 1.54) is 49.0 Å². The number of nitrogens with one attached hydrogen (secondary N) is 6. The molecule has 0 aliphatic heterocycles. The molecule has 0 aromatic heterocycles. The van der Waals surface area contributed by atoms with Crippen LogP contribution in [0.15, 0.2) is 71.1 Å². The Kier molecular flexibility index (Phi) is 23.1. The van der Waals surface area contributed by atoms with E-state index in [9.17, 15) is 46.8 Å². The lowest BCUT2D eigenvalue weighted by Crippen LogP contribution is -2.63. The zero-order valence-electron chi connectivity index (χ0n) is 47.7. The number of ether oxygens (including phenoxy) is 2. The summed E-state index contributed by atoms with van der Waals surface area (Å²) in [6, 6.07) is 7.95. The quantitative estimate of drug-likeness (QED) is 0.0521. The van der Waals surface area contributed by atoms with Crippen LogP contribution in [0.1, 0.15) is 129 Å². The summed E-state index contributed by atoms with van der Waals surface area (Å²) in [6.07, 6.45) is 0.143. The van der Waals surface area contributed by atoms with Crippen LogP contribution in [-0.4, -0.2) is 128 Å². The van der Waals surface area contributed by atoms with Gasteiger partial charge in [-0.3, -0.25) is 28.9 Å². The minimum absolute atomic E-state index is 0.0269. The van der Waals surface area contributed by atoms with Crippen LogP contribution in [0.2, 0.25) is 0 Å². The van der Waals surface area contributed by atoms with Crippen LogP contribution < -0.4 is 37.0 Å². The molecule has 0 fully saturated rings. The molecule has 0 saturated carbocycles. The van der Waals surface area contributed by atoms with Crippen LogP contribution in [0.25, 0.3) is 0 Å². The summed E-state index contributed by atoms with van der Waals surface area (Å²) in [5.74, 6) is -4.21. The highest BCUT2D eigenvalue weighted by Crippen LogP contribution is 2.33. The molecule has 8 N–H and O–H groups in total. The lowest BCUT2D eigenvalue weighted by Gasteiger charge is -2.42. The predicted molar refractivity (Wildman–Crippen MR) is 291 cm³/mol. The lowest BCUT2D eigenvalue weighted by atomic mass is 9.76. The minimum Gasteiger partial charge on any atom is -0.444 e. The van der Waals surface area contributed by atoms with E-state index in [4.69, 9.17) is 15.2 Å². The summed E-state index contributed by atoms with van der Waals surface area (Å²) in [7, 11) is -1.51. The van der Waals surface area contributed by atoms with Gasteiger partial charge >= 0.3 is 18.2 Å². The van der Waals surface area contributed by atoms with Gasteiger partial charge in [-0.15, -0.1) is 0 Å². The van der Waals surface area contributed by atoms with E-state index in [2.05, 4.69) is 31.3 Å². The van der Waals surface area contributed by atoms with Crippen molar-refractivity contribution >= 4 is 63.5 Å². The van der Waals surface area contributed by atoms with Crippen molar-refractivity contribution in [2.75, 3.05) is 26.0 Å². The van der Waals surface area contributed by atoms with Crippen molar-refractivity contribution < 1.29 is 56.2 Å². The number of amides is 9. The van der Waals surface area contributed by atoms with Gasteiger partial charge < -0.3 is 46.7 Å². The highest BCUT2D eigenvalue weighted by atomic mass is 32.2. The first-order valence-corrected chi connectivity index (χ1v) is 26.8. The second kappa shape index (κ2) is 26.9. The topological polar surface area (TPSA) is 294 Å². The summed E-state index contributed by atoms with van der Waals surface area (Å²) in [6.45, 7) is 27.7. The lowest BCUT2D eigenvalue weighted by molar-refractivity contribution is -0.141. The molecule has 0 aliphatic carbocycles. The summed E-state index contributed by atoms with van der Waals surface area (Å²) in [5, 5.41) is 13.2. The van der Waals surface area contributed by atoms with Crippen molar-refractivity contribution in [2.45, 2.75) is 175 Å². The van der Waals surface area contributed by atoms with Gasteiger partial charge in [0, 0.05) is 37.3 Å². The molecule has 2 aromatic rings. The largest absolute Gasteiger partial charge is 0.444 e. The fourth-order valence-corrected chi connectivity index (χ4v) is 9.00. The van der Waals surface area contributed by atoms with Crippen molar-refractivity contribution in [3.8, 4) is 0 Å². The standard InChI is InChI=1S/C54H85N9O12S/c1-32(2)39(62(17)47(68)41(51(6,7)8)60-46(67)42(63(18)50(71)75-53(12,13)14)54(15,16)35-23-20-19-21-24-35)31-34(5)43(64)61-76(72,73)37-28-26-36(27-29-37)57-44(65)38(25-22-30-56-48(55)69)58-45(66)40(33(3)4)59-49(70)74-52(9,10)11/h19-21,23-24,26-29,31-33,38-42H,22,25,30H2,1-18H3,(H,57,65)(H,58,66)(H,59,70)(H,60,67)(H,61,64)(H3,55,56,69)/b34-31+/t38-,39-,40-,41-,42-/m1/s1. The first-order chi connectivity index (χ1) is 34.7. The Morgan fingerprint density at radius 3 is 1.74 bits per heavy atom. The molecule has 0 radical (unpaired) electrons. The van der Waals surface area contributed by atoms with E-state index in [0.717, 1.165) is 17.7 Å². The van der Waals surface area contributed by atoms with E-state index in [0.29, 0.717) is 0 Å². The normalized spacial score (nSPS) is 14.4. The first kappa shape index (κ1) is 65.4. The van der Waals surface area contributed by atoms with Crippen molar-refractivity contribution in [3.63, 3.8) is 0 Å². The number of primary amides is 1. The Labute approximate surface area is 450 Å². The minimum atomic E-state index is -4.51. The molecular formula is C54H85N9O12S. The fourth-order valence-electron chi connectivity index (χ4n) is 7.98. The molecule has 21 nitrogen and oxygen atoms in total. The van der Waals surface area contributed by atoms with Crippen molar-refractivity contribution in [3.05, 3.63) is 71.8 Å². The zero-order chi connectivity index (χ0) is 58.5. The molecular weight excluding hydrogens is 999 g/mol. The summed E-state index contributed by atoms with van der Waals surface area (Å²) in [5.41, 5.74) is 2.47. The van der Waals surface area contributed by atoms with Crippen LogP contribution >= 0.6 is 0 Å². The number of hydrogen-bond donors (Lipinski definition) is 7. The van der Waals surface area contributed by atoms with Gasteiger partial charge in [-0.2, -0.15) is 0 Å². The number of carbonyl (C=O) groups is 8. The molecule has 5 atom stereocenters. The van der Waals surface area contributed by atoms with Gasteiger partial charge in [0.1, 0.15) is 35.4 Å². The number of nitrogens with two attached hydrogens (primary N) is 1. The number of likely N-dealkylation sites (N-methyl/N-ethyl adjacent to an activating group) is 2.